The van der Waals surface area contributed by atoms with Crippen LogP contribution in [0, 0.1) is 0 Å². The van der Waals surface area contributed by atoms with Gasteiger partial charge < -0.3 is 4.74 Å². The Morgan fingerprint density at radius 2 is 2.09 bits per heavy atom. The van der Waals surface area contributed by atoms with Crippen LogP contribution in [0.5, 0.6) is 6.01 Å². The van der Waals surface area contributed by atoms with Crippen LogP contribution in [0.1, 0.15) is 5.56 Å². The van der Waals surface area contributed by atoms with Gasteiger partial charge in [0.2, 0.25) is 5.95 Å². The Hall–Kier alpha value is -2.88. The zero-order valence-electron chi connectivity index (χ0n) is 12.2. The molecule has 0 aliphatic rings. The van der Waals surface area contributed by atoms with Gasteiger partial charge >= 0.3 is 6.01 Å². The van der Waals surface area contributed by atoms with Gasteiger partial charge in [-0.3, -0.25) is 4.68 Å². The molecule has 1 aromatic carbocycles. The normalized spacial score (nSPS) is 11.3. The zero-order chi connectivity index (χ0) is 16.3. The van der Waals surface area contributed by atoms with E-state index in [2.05, 4.69) is 25.0 Å². The van der Waals surface area contributed by atoms with E-state index >= 15 is 0 Å². The van der Waals surface area contributed by atoms with Crippen molar-refractivity contribution in [1.82, 2.24) is 25.0 Å². The number of anilines is 1. The summed E-state index contributed by atoms with van der Waals surface area (Å²) in [4.78, 5) is 3.84. The van der Waals surface area contributed by atoms with Crippen LogP contribution in [-0.4, -0.2) is 40.5 Å². The number of hydrogen-bond donors (Lipinski definition) is 2. The van der Waals surface area contributed by atoms with Crippen molar-refractivity contribution in [3.05, 3.63) is 48.3 Å². The minimum absolute atomic E-state index is 0.0299. The van der Waals surface area contributed by atoms with E-state index in [0.29, 0.717) is 6.54 Å². The maximum atomic E-state index is 12.3. The molecule has 0 spiro atoms. The molecule has 0 aliphatic heterocycles. The molecule has 2 aromatic heterocycles. The molecule has 0 radical (unpaired) electrons. The fourth-order valence-corrected chi connectivity index (χ4v) is 2.82. The molecule has 2 N–H and O–H groups in total. The van der Waals surface area contributed by atoms with Crippen LogP contribution >= 0.6 is 0 Å². The Bertz CT molecular complexity index is 887. The van der Waals surface area contributed by atoms with E-state index in [-0.39, 0.29) is 16.9 Å². The molecule has 120 valence electrons. The zero-order valence-corrected chi connectivity index (χ0v) is 13.0. The maximum Gasteiger partial charge on any atom is 0.336 e. The number of nitrogens with zero attached hydrogens (tertiary/aromatic N) is 4. The van der Waals surface area contributed by atoms with Gasteiger partial charge in [0.15, 0.2) is 0 Å². The Kier molecular flexibility index (Phi) is 3.98. The van der Waals surface area contributed by atoms with Gasteiger partial charge in [0.1, 0.15) is 4.90 Å². The molecule has 23 heavy (non-hydrogen) atoms. The van der Waals surface area contributed by atoms with Crippen LogP contribution in [0.3, 0.4) is 0 Å². The van der Waals surface area contributed by atoms with E-state index in [1.807, 2.05) is 30.3 Å². The average molecular weight is 334 g/mol. The molecule has 3 rings (SSSR count). The molecular formula is C13H14N6O3S. The molecule has 10 heteroatoms. The van der Waals surface area contributed by atoms with Crippen molar-refractivity contribution in [1.29, 1.82) is 0 Å². The van der Waals surface area contributed by atoms with Gasteiger partial charge in [-0.1, -0.05) is 30.3 Å². The fraction of sp³-hybridized carbons (Fsp3) is 0.154. The summed E-state index contributed by atoms with van der Waals surface area (Å²) in [6.07, 6.45) is 2.72. The second-order valence-corrected chi connectivity index (χ2v) is 6.32. The van der Waals surface area contributed by atoms with Gasteiger partial charge in [-0.05, 0) is 5.56 Å². The number of benzene rings is 1. The predicted molar refractivity (Wildman–Crippen MR) is 81.5 cm³/mol. The van der Waals surface area contributed by atoms with Crippen LogP contribution in [0.4, 0.5) is 5.95 Å². The number of H-pyrrole nitrogens is 1. The third-order valence-corrected chi connectivity index (χ3v) is 4.28. The summed E-state index contributed by atoms with van der Waals surface area (Å²) in [5.41, 5.74) is 1.02. The first-order valence-corrected chi connectivity index (χ1v) is 8.11. The summed E-state index contributed by atoms with van der Waals surface area (Å²) in [6.45, 7) is 0.479. The topological polar surface area (TPSA) is 115 Å². The van der Waals surface area contributed by atoms with Crippen LogP contribution in [-0.2, 0) is 16.6 Å². The van der Waals surface area contributed by atoms with Gasteiger partial charge in [0.25, 0.3) is 10.0 Å². The third-order valence-electron chi connectivity index (χ3n) is 2.99. The van der Waals surface area contributed by atoms with Crippen molar-refractivity contribution in [3.8, 4) is 6.01 Å². The van der Waals surface area contributed by atoms with Crippen LogP contribution in [0.2, 0.25) is 0 Å². The minimum atomic E-state index is -3.80. The van der Waals surface area contributed by atoms with Gasteiger partial charge in [0.05, 0.1) is 19.9 Å². The molecule has 0 amide bonds. The van der Waals surface area contributed by atoms with E-state index in [4.69, 9.17) is 4.74 Å². The summed E-state index contributed by atoms with van der Waals surface area (Å²) in [7, 11) is -2.42. The van der Waals surface area contributed by atoms with E-state index in [1.165, 1.54) is 19.5 Å². The summed E-state index contributed by atoms with van der Waals surface area (Å²) in [6, 6.07) is 9.66. The van der Waals surface area contributed by atoms with Crippen molar-refractivity contribution in [2.24, 2.45) is 0 Å². The number of rotatable bonds is 6. The molecule has 0 bridgehead atoms. The molecule has 9 nitrogen and oxygen atoms in total. The number of methoxy groups -OCH3 is 1. The Morgan fingerprint density at radius 1 is 1.30 bits per heavy atom. The van der Waals surface area contributed by atoms with Crippen molar-refractivity contribution in [2.45, 2.75) is 11.4 Å². The highest BCUT2D eigenvalue weighted by Crippen LogP contribution is 2.14. The number of ether oxygens (including phenoxy) is 1. The highest BCUT2D eigenvalue weighted by atomic mass is 32.2. The minimum Gasteiger partial charge on any atom is -0.466 e. The lowest BCUT2D eigenvalue weighted by molar-refractivity contribution is 0.382. The average Bonchev–Trinajstić information content (AvgIpc) is 3.17. The highest BCUT2D eigenvalue weighted by molar-refractivity contribution is 7.92. The first kappa shape index (κ1) is 15.0. The lowest BCUT2D eigenvalue weighted by Crippen LogP contribution is -2.13. The molecule has 0 atom stereocenters. The standard InChI is InChI=1S/C13H14N6O3S/c1-22-13-15-12(16-17-13)18-23(20,21)11-7-14-19(9-11)8-10-5-3-2-4-6-10/h2-7,9H,8H2,1H3,(H2,15,16,17,18). The van der Waals surface area contributed by atoms with Crippen molar-refractivity contribution in [3.63, 3.8) is 0 Å². The number of nitrogens with one attached hydrogen (secondary N) is 2. The molecule has 3 aromatic rings. The predicted octanol–water partition coefficient (Wildman–Crippen LogP) is 0.859. The van der Waals surface area contributed by atoms with Crippen LogP contribution in [0.15, 0.2) is 47.6 Å². The lowest BCUT2D eigenvalue weighted by Gasteiger charge is -2.02. The molecular weight excluding hydrogens is 320 g/mol. The van der Waals surface area contributed by atoms with Gasteiger partial charge in [-0.25, -0.2) is 18.2 Å². The smallest absolute Gasteiger partial charge is 0.336 e. The summed E-state index contributed by atoms with van der Waals surface area (Å²) < 4.78 is 33.1. The first-order chi connectivity index (χ1) is 11.1. The molecule has 2 heterocycles. The number of hydrogen-bond acceptors (Lipinski definition) is 6. The number of aromatic nitrogens is 5. The largest absolute Gasteiger partial charge is 0.466 e. The molecule has 0 fully saturated rings. The number of sulfonamides is 1. The first-order valence-electron chi connectivity index (χ1n) is 6.62. The van der Waals surface area contributed by atoms with Crippen molar-refractivity contribution in [2.75, 3.05) is 11.8 Å². The Labute approximate surface area is 132 Å². The van der Waals surface area contributed by atoms with E-state index in [0.717, 1.165) is 5.56 Å². The maximum absolute atomic E-state index is 12.3. The highest BCUT2D eigenvalue weighted by Gasteiger charge is 2.19. The van der Waals surface area contributed by atoms with Gasteiger partial charge in [0, 0.05) is 6.20 Å². The Balaban J connectivity index is 1.75. The molecule has 0 saturated heterocycles. The van der Waals surface area contributed by atoms with E-state index in [9.17, 15) is 8.42 Å². The SMILES string of the molecule is COc1n[nH]c(NS(=O)(=O)c2cnn(Cc3ccccc3)c2)n1. The summed E-state index contributed by atoms with van der Waals surface area (Å²) in [5, 5.41) is 10.2. The van der Waals surface area contributed by atoms with Crippen LogP contribution in [0.25, 0.3) is 0 Å². The number of aromatic amines is 1. The fourth-order valence-electron chi connectivity index (χ4n) is 1.91. The van der Waals surface area contributed by atoms with Crippen molar-refractivity contribution < 1.29 is 13.2 Å². The monoisotopic (exact) mass is 334 g/mol. The second kappa shape index (κ2) is 6.08. The summed E-state index contributed by atoms with van der Waals surface area (Å²) >= 11 is 0. The van der Waals surface area contributed by atoms with Crippen molar-refractivity contribution >= 4 is 16.0 Å². The van der Waals surface area contributed by atoms with E-state index in [1.54, 1.807) is 4.68 Å². The molecule has 0 aliphatic carbocycles. The molecule has 0 saturated carbocycles. The summed E-state index contributed by atoms with van der Waals surface area (Å²) in [5.74, 6) is -0.0299. The molecule has 0 unspecified atom stereocenters. The van der Waals surface area contributed by atoms with Gasteiger partial charge in [-0.15, -0.1) is 5.10 Å². The van der Waals surface area contributed by atoms with Crippen LogP contribution < -0.4 is 9.46 Å². The third kappa shape index (κ3) is 3.48. The van der Waals surface area contributed by atoms with E-state index < -0.39 is 10.0 Å². The second-order valence-electron chi connectivity index (χ2n) is 4.64. The quantitative estimate of drug-likeness (QED) is 0.691. The lowest BCUT2D eigenvalue weighted by atomic mass is 10.2. The van der Waals surface area contributed by atoms with Gasteiger partial charge in [-0.2, -0.15) is 10.1 Å². The Morgan fingerprint density at radius 3 is 2.78 bits per heavy atom.